The molecule has 170 valence electrons. The first kappa shape index (κ1) is 20.3. The lowest BCUT2D eigenvalue weighted by Gasteiger charge is -2.55. The summed E-state index contributed by atoms with van der Waals surface area (Å²) in [4.78, 5) is 14.7. The van der Waals surface area contributed by atoms with Gasteiger partial charge >= 0.3 is 0 Å². The number of carbonyl (C=O) groups is 1. The largest absolute Gasteiger partial charge is 0.387 e. The van der Waals surface area contributed by atoms with E-state index in [-0.39, 0.29) is 17.4 Å². The number of hydrogen-bond donors (Lipinski definition) is 1. The number of ketones is 1. The molecule has 0 amide bonds. The van der Waals surface area contributed by atoms with Crippen LogP contribution in [0.1, 0.15) is 65.2 Å². The molecule has 5 aliphatic carbocycles. The average molecular weight is 428 g/mol. The van der Waals surface area contributed by atoms with Crippen molar-refractivity contribution in [1.29, 1.82) is 0 Å². The zero-order valence-electron chi connectivity index (χ0n) is 18.9. The van der Waals surface area contributed by atoms with Crippen LogP contribution < -0.4 is 0 Å². The number of rotatable bonds is 5. The third-order valence-electron chi connectivity index (χ3n) is 10.6. The molecule has 1 aromatic heterocycles. The minimum atomic E-state index is -0.529. The molecule has 31 heavy (non-hydrogen) atoms. The summed E-state index contributed by atoms with van der Waals surface area (Å²) in [5, 5.41) is 19.4. The van der Waals surface area contributed by atoms with E-state index in [1.54, 1.807) is 17.2 Å². The van der Waals surface area contributed by atoms with E-state index in [0.717, 1.165) is 30.6 Å². The predicted octanol–water partition coefficient (Wildman–Crippen LogP) is 3.49. The fraction of sp³-hybridized carbons (Fsp3) is 0.880. The van der Waals surface area contributed by atoms with Crippen molar-refractivity contribution < 1.29 is 14.6 Å². The van der Waals surface area contributed by atoms with Crippen molar-refractivity contribution in [3.63, 3.8) is 0 Å². The maximum atomic E-state index is 13.2. The molecule has 0 saturated heterocycles. The van der Waals surface area contributed by atoms with Gasteiger partial charge in [0.15, 0.2) is 5.78 Å². The summed E-state index contributed by atoms with van der Waals surface area (Å²) in [5.41, 5.74) is -0.389. The van der Waals surface area contributed by atoms with Crippen LogP contribution in [-0.4, -0.2) is 44.2 Å². The molecule has 1 N–H and O–H groups in total. The summed E-state index contributed by atoms with van der Waals surface area (Å²) < 4.78 is 5.96. The number of fused-ring (bicyclic) bond motifs is 7. The third kappa shape index (κ3) is 2.86. The van der Waals surface area contributed by atoms with E-state index in [0.29, 0.717) is 36.7 Å². The van der Waals surface area contributed by atoms with Crippen molar-refractivity contribution in [2.45, 2.75) is 83.5 Å². The zero-order chi connectivity index (χ0) is 21.4. The number of carbonyl (C=O) groups excluding carboxylic acids is 1. The Balaban J connectivity index is 1.18. The van der Waals surface area contributed by atoms with Crippen molar-refractivity contribution in [2.24, 2.45) is 46.8 Å². The van der Waals surface area contributed by atoms with Gasteiger partial charge in [-0.05, 0) is 93.3 Å². The fourth-order valence-electron chi connectivity index (χ4n) is 9.31. The van der Waals surface area contributed by atoms with Gasteiger partial charge in [-0.2, -0.15) is 15.0 Å². The zero-order valence-corrected chi connectivity index (χ0v) is 18.9. The maximum Gasteiger partial charge on any atom is 0.159 e. The Morgan fingerprint density at radius 1 is 1.03 bits per heavy atom. The number of hydrogen-bond acceptors (Lipinski definition) is 5. The van der Waals surface area contributed by atoms with Gasteiger partial charge < -0.3 is 9.84 Å². The van der Waals surface area contributed by atoms with Crippen molar-refractivity contribution in [3.05, 3.63) is 12.4 Å². The van der Waals surface area contributed by atoms with Gasteiger partial charge in [-0.15, -0.1) is 0 Å². The highest BCUT2D eigenvalue weighted by Crippen LogP contribution is 2.69. The highest BCUT2D eigenvalue weighted by Gasteiger charge is 2.72. The highest BCUT2D eigenvalue weighted by atomic mass is 16.5. The van der Waals surface area contributed by atoms with E-state index in [1.165, 1.54) is 38.5 Å². The standard InChI is InChI=1S/C25H37N3O3/c1-3-31-23-22-18-5-4-17-15(16(18)9-11-25(22,23)30)8-10-24(2)19(17)6-7-20(24)21(29)14-28-26-12-13-27-28/h12-13,15-20,22-23,30H,3-11,14H2,1-2H3/t15-,16-,17-,18-,19+,20-,22?,23?,24+,25-/m1/s1. The molecule has 0 aliphatic heterocycles. The minimum Gasteiger partial charge on any atom is -0.387 e. The number of nitrogens with zero attached hydrogens (tertiary/aromatic N) is 3. The summed E-state index contributed by atoms with van der Waals surface area (Å²) in [6, 6.07) is 0. The predicted molar refractivity (Wildman–Crippen MR) is 115 cm³/mol. The number of aliphatic hydroxyl groups is 1. The number of Topliss-reactive ketones (excluding diaryl/α,β-unsaturated/α-hetero) is 1. The van der Waals surface area contributed by atoms with Gasteiger partial charge in [0.1, 0.15) is 6.54 Å². The van der Waals surface area contributed by atoms with E-state index < -0.39 is 5.60 Å². The molecular weight excluding hydrogens is 390 g/mol. The Labute approximate surface area is 185 Å². The Hall–Kier alpha value is -1.27. The lowest BCUT2D eigenvalue weighted by Crippen LogP contribution is -2.50. The molecule has 0 aromatic carbocycles. The first-order valence-electron chi connectivity index (χ1n) is 12.7. The second-order valence-corrected chi connectivity index (χ2v) is 11.5. The van der Waals surface area contributed by atoms with Crippen LogP contribution in [0.5, 0.6) is 0 Å². The molecule has 0 radical (unpaired) electrons. The van der Waals surface area contributed by atoms with Gasteiger partial charge in [-0.25, -0.2) is 0 Å². The molecule has 0 bridgehead atoms. The average Bonchev–Trinajstić information content (AvgIpc) is 3.08. The maximum absolute atomic E-state index is 13.2. The van der Waals surface area contributed by atoms with Crippen LogP contribution in [0.25, 0.3) is 0 Å². The fourth-order valence-corrected chi connectivity index (χ4v) is 9.31. The molecule has 6 rings (SSSR count). The van der Waals surface area contributed by atoms with Gasteiger partial charge in [0, 0.05) is 18.4 Å². The van der Waals surface area contributed by atoms with E-state index in [1.807, 2.05) is 6.92 Å². The van der Waals surface area contributed by atoms with Crippen LogP contribution in [0.4, 0.5) is 0 Å². The molecule has 2 unspecified atom stereocenters. The Morgan fingerprint density at radius 3 is 2.52 bits per heavy atom. The molecule has 1 aromatic rings. The molecule has 0 spiro atoms. The Bertz CT molecular complexity index is 843. The number of aromatic nitrogens is 3. The van der Waals surface area contributed by atoms with Crippen LogP contribution in [0.15, 0.2) is 12.4 Å². The summed E-state index contributed by atoms with van der Waals surface area (Å²) in [5.74, 6) is 4.47. The summed E-state index contributed by atoms with van der Waals surface area (Å²) in [6.45, 7) is 5.48. The minimum absolute atomic E-state index is 0.0855. The molecule has 5 fully saturated rings. The second kappa shape index (κ2) is 7.11. The second-order valence-electron chi connectivity index (χ2n) is 11.5. The smallest absolute Gasteiger partial charge is 0.159 e. The van der Waals surface area contributed by atoms with E-state index in [9.17, 15) is 9.90 Å². The molecule has 6 heteroatoms. The van der Waals surface area contributed by atoms with Crippen LogP contribution in [0, 0.1) is 46.8 Å². The van der Waals surface area contributed by atoms with Crippen molar-refractivity contribution in [2.75, 3.05) is 6.61 Å². The normalized spacial score (nSPS) is 50.2. The van der Waals surface area contributed by atoms with Crippen LogP contribution in [0.2, 0.25) is 0 Å². The molecule has 6 nitrogen and oxygen atoms in total. The van der Waals surface area contributed by atoms with Gasteiger partial charge in [-0.1, -0.05) is 6.92 Å². The molecule has 1 heterocycles. The van der Waals surface area contributed by atoms with Crippen molar-refractivity contribution >= 4 is 5.78 Å². The quantitative estimate of drug-likeness (QED) is 0.778. The molecule has 5 saturated carbocycles. The number of ether oxygens (including phenoxy) is 1. The van der Waals surface area contributed by atoms with E-state index in [2.05, 4.69) is 17.1 Å². The highest BCUT2D eigenvalue weighted by molar-refractivity contribution is 5.81. The van der Waals surface area contributed by atoms with Gasteiger partial charge in [-0.3, -0.25) is 4.79 Å². The van der Waals surface area contributed by atoms with Crippen LogP contribution >= 0.6 is 0 Å². The monoisotopic (exact) mass is 427 g/mol. The summed E-state index contributed by atoms with van der Waals surface area (Å²) in [7, 11) is 0. The summed E-state index contributed by atoms with van der Waals surface area (Å²) in [6.07, 6.45) is 12.7. The summed E-state index contributed by atoms with van der Waals surface area (Å²) >= 11 is 0. The van der Waals surface area contributed by atoms with Crippen molar-refractivity contribution in [3.8, 4) is 0 Å². The van der Waals surface area contributed by atoms with Crippen molar-refractivity contribution in [1.82, 2.24) is 15.0 Å². The van der Waals surface area contributed by atoms with E-state index in [4.69, 9.17) is 4.74 Å². The first-order chi connectivity index (χ1) is 15.0. The van der Waals surface area contributed by atoms with Gasteiger partial charge in [0.25, 0.3) is 0 Å². The molecule has 5 aliphatic rings. The van der Waals surface area contributed by atoms with Crippen LogP contribution in [0.3, 0.4) is 0 Å². The van der Waals surface area contributed by atoms with Crippen LogP contribution in [-0.2, 0) is 16.1 Å². The van der Waals surface area contributed by atoms with Gasteiger partial charge in [0.2, 0.25) is 0 Å². The Morgan fingerprint density at radius 2 is 1.74 bits per heavy atom. The topological polar surface area (TPSA) is 77.2 Å². The van der Waals surface area contributed by atoms with E-state index >= 15 is 0 Å². The first-order valence-corrected chi connectivity index (χ1v) is 12.7. The third-order valence-corrected chi connectivity index (χ3v) is 10.6. The SMILES string of the molecule is CCOC1C2[C@@H]3CC[C@@H]4[C@H](CC[C@]5(C)[C@@H](C(=O)Cn6nccn6)CC[C@@H]45)[C@H]3CC[C@]12O. The lowest BCUT2D eigenvalue weighted by molar-refractivity contribution is -0.132. The van der Waals surface area contributed by atoms with Gasteiger partial charge in [0.05, 0.1) is 24.1 Å². The lowest BCUT2D eigenvalue weighted by atomic mass is 9.49. The molecular formula is C25H37N3O3. The molecule has 10 atom stereocenters. The Kier molecular flexibility index (Phi) is 4.67.